The Labute approximate surface area is 74.1 Å². The summed E-state index contributed by atoms with van der Waals surface area (Å²) >= 11 is 0. The SMILES string of the molecule is CCN(CC(=O)NC)C(C)CN. The summed E-state index contributed by atoms with van der Waals surface area (Å²) in [5.41, 5.74) is 5.49. The molecule has 1 amide bonds. The summed E-state index contributed by atoms with van der Waals surface area (Å²) < 4.78 is 0. The summed E-state index contributed by atoms with van der Waals surface area (Å²) in [6.07, 6.45) is 0. The molecule has 0 saturated heterocycles. The van der Waals surface area contributed by atoms with E-state index in [0.29, 0.717) is 13.1 Å². The number of carbonyl (C=O) groups excluding carboxylic acids is 1. The topological polar surface area (TPSA) is 58.4 Å². The molecule has 0 aliphatic carbocycles. The van der Waals surface area contributed by atoms with Crippen LogP contribution in [0, 0.1) is 0 Å². The molecule has 0 aromatic rings. The molecule has 0 aromatic heterocycles. The van der Waals surface area contributed by atoms with Crippen LogP contribution >= 0.6 is 0 Å². The molecule has 0 aromatic carbocycles. The summed E-state index contributed by atoms with van der Waals surface area (Å²) in [5.74, 6) is 0.0390. The summed E-state index contributed by atoms with van der Waals surface area (Å²) in [4.78, 5) is 13.0. The summed E-state index contributed by atoms with van der Waals surface area (Å²) in [6.45, 7) is 5.92. The maximum atomic E-state index is 11.0. The number of nitrogens with one attached hydrogen (secondary N) is 1. The minimum Gasteiger partial charge on any atom is -0.358 e. The van der Waals surface area contributed by atoms with E-state index < -0.39 is 0 Å². The quantitative estimate of drug-likeness (QED) is 0.584. The maximum Gasteiger partial charge on any atom is 0.233 e. The van der Waals surface area contributed by atoms with Crippen molar-refractivity contribution in [3.63, 3.8) is 0 Å². The molecular formula is C8H19N3O. The number of nitrogens with zero attached hydrogens (tertiary/aromatic N) is 1. The van der Waals surface area contributed by atoms with E-state index in [9.17, 15) is 4.79 Å². The van der Waals surface area contributed by atoms with Crippen molar-refractivity contribution in [2.75, 3.05) is 26.7 Å². The molecule has 0 aliphatic rings. The zero-order valence-corrected chi connectivity index (χ0v) is 8.13. The second-order valence-electron chi connectivity index (χ2n) is 2.82. The molecule has 0 fully saturated rings. The smallest absolute Gasteiger partial charge is 0.233 e. The van der Waals surface area contributed by atoms with Crippen molar-refractivity contribution in [1.82, 2.24) is 10.2 Å². The normalized spacial score (nSPS) is 13.1. The van der Waals surface area contributed by atoms with Crippen LogP contribution in [0.25, 0.3) is 0 Å². The van der Waals surface area contributed by atoms with Crippen LogP contribution in [0.5, 0.6) is 0 Å². The fraction of sp³-hybridized carbons (Fsp3) is 0.875. The minimum atomic E-state index is 0.0390. The first-order chi connectivity index (χ1) is 5.65. The van der Waals surface area contributed by atoms with E-state index in [0.717, 1.165) is 6.54 Å². The molecule has 0 heterocycles. The number of carbonyl (C=O) groups is 1. The van der Waals surface area contributed by atoms with Gasteiger partial charge in [-0.2, -0.15) is 0 Å². The third-order valence-corrected chi connectivity index (χ3v) is 2.00. The lowest BCUT2D eigenvalue weighted by atomic mass is 10.3. The zero-order chi connectivity index (χ0) is 9.56. The molecular weight excluding hydrogens is 154 g/mol. The van der Waals surface area contributed by atoms with Gasteiger partial charge >= 0.3 is 0 Å². The van der Waals surface area contributed by atoms with Crippen molar-refractivity contribution in [2.45, 2.75) is 19.9 Å². The van der Waals surface area contributed by atoms with Gasteiger partial charge in [0.1, 0.15) is 0 Å². The van der Waals surface area contributed by atoms with Crippen LogP contribution in [-0.4, -0.2) is 43.5 Å². The highest BCUT2D eigenvalue weighted by Crippen LogP contribution is 1.95. The Morgan fingerprint density at radius 2 is 2.25 bits per heavy atom. The first-order valence-electron chi connectivity index (χ1n) is 4.30. The van der Waals surface area contributed by atoms with Gasteiger partial charge in [0.2, 0.25) is 5.91 Å². The molecule has 0 spiro atoms. The Morgan fingerprint density at radius 1 is 1.67 bits per heavy atom. The molecule has 1 atom stereocenters. The Kier molecular flexibility index (Phi) is 5.66. The van der Waals surface area contributed by atoms with Gasteiger partial charge in [0.15, 0.2) is 0 Å². The van der Waals surface area contributed by atoms with Crippen molar-refractivity contribution in [3.05, 3.63) is 0 Å². The van der Waals surface area contributed by atoms with E-state index in [-0.39, 0.29) is 11.9 Å². The van der Waals surface area contributed by atoms with Crippen molar-refractivity contribution in [2.24, 2.45) is 5.73 Å². The molecule has 0 saturated carbocycles. The van der Waals surface area contributed by atoms with Crippen molar-refractivity contribution in [3.8, 4) is 0 Å². The van der Waals surface area contributed by atoms with E-state index in [2.05, 4.69) is 5.32 Å². The molecule has 0 radical (unpaired) electrons. The number of hydrogen-bond donors (Lipinski definition) is 2. The Bertz CT molecular complexity index is 138. The molecule has 72 valence electrons. The first kappa shape index (κ1) is 11.4. The Hall–Kier alpha value is -0.610. The summed E-state index contributed by atoms with van der Waals surface area (Å²) in [6, 6.07) is 0.271. The van der Waals surface area contributed by atoms with Crippen LogP contribution in [0.15, 0.2) is 0 Å². The number of rotatable bonds is 5. The van der Waals surface area contributed by atoms with E-state index in [1.165, 1.54) is 0 Å². The maximum absolute atomic E-state index is 11.0. The van der Waals surface area contributed by atoms with Crippen LogP contribution in [0.4, 0.5) is 0 Å². The molecule has 3 N–H and O–H groups in total. The van der Waals surface area contributed by atoms with E-state index in [4.69, 9.17) is 5.73 Å². The largest absolute Gasteiger partial charge is 0.358 e. The van der Waals surface area contributed by atoms with Gasteiger partial charge in [-0.3, -0.25) is 9.69 Å². The van der Waals surface area contributed by atoms with Crippen LogP contribution in [0.2, 0.25) is 0 Å². The second-order valence-corrected chi connectivity index (χ2v) is 2.82. The number of amides is 1. The number of nitrogens with two attached hydrogens (primary N) is 1. The number of hydrogen-bond acceptors (Lipinski definition) is 3. The molecule has 0 rings (SSSR count). The highest BCUT2D eigenvalue weighted by molar-refractivity contribution is 5.77. The molecule has 1 unspecified atom stereocenters. The van der Waals surface area contributed by atoms with Crippen LogP contribution < -0.4 is 11.1 Å². The lowest BCUT2D eigenvalue weighted by molar-refractivity contribution is -0.122. The monoisotopic (exact) mass is 173 g/mol. The molecule has 12 heavy (non-hydrogen) atoms. The van der Waals surface area contributed by atoms with E-state index >= 15 is 0 Å². The average molecular weight is 173 g/mol. The van der Waals surface area contributed by atoms with Gasteiger partial charge in [-0.25, -0.2) is 0 Å². The van der Waals surface area contributed by atoms with Crippen molar-refractivity contribution in [1.29, 1.82) is 0 Å². The van der Waals surface area contributed by atoms with Gasteiger partial charge in [0.05, 0.1) is 6.54 Å². The molecule has 0 aliphatic heterocycles. The van der Waals surface area contributed by atoms with Gasteiger partial charge in [-0.15, -0.1) is 0 Å². The van der Waals surface area contributed by atoms with Gasteiger partial charge < -0.3 is 11.1 Å². The Morgan fingerprint density at radius 3 is 2.58 bits per heavy atom. The first-order valence-corrected chi connectivity index (χ1v) is 4.30. The summed E-state index contributed by atoms with van der Waals surface area (Å²) in [5, 5.41) is 2.59. The van der Waals surface area contributed by atoms with Gasteiger partial charge in [-0.1, -0.05) is 6.92 Å². The van der Waals surface area contributed by atoms with Crippen molar-refractivity contribution >= 4 is 5.91 Å². The predicted molar refractivity (Wildman–Crippen MR) is 49.8 cm³/mol. The predicted octanol–water partition coefficient (Wildman–Crippen LogP) is -0.598. The van der Waals surface area contributed by atoms with E-state index in [1.54, 1.807) is 7.05 Å². The third kappa shape index (κ3) is 3.69. The fourth-order valence-corrected chi connectivity index (χ4v) is 0.992. The standard InChI is InChI=1S/C8H19N3O/c1-4-11(7(2)5-9)6-8(12)10-3/h7H,4-6,9H2,1-3H3,(H,10,12). The van der Waals surface area contributed by atoms with Crippen LogP contribution in [0.1, 0.15) is 13.8 Å². The fourth-order valence-electron chi connectivity index (χ4n) is 0.992. The van der Waals surface area contributed by atoms with Gasteiger partial charge in [0, 0.05) is 19.6 Å². The third-order valence-electron chi connectivity index (χ3n) is 2.00. The van der Waals surface area contributed by atoms with Crippen LogP contribution in [-0.2, 0) is 4.79 Å². The highest BCUT2D eigenvalue weighted by Gasteiger charge is 2.12. The molecule has 0 bridgehead atoms. The molecule has 4 nitrogen and oxygen atoms in total. The number of likely N-dealkylation sites (N-methyl/N-ethyl adjacent to an activating group) is 2. The van der Waals surface area contributed by atoms with Gasteiger partial charge in [-0.05, 0) is 13.5 Å². The van der Waals surface area contributed by atoms with Crippen LogP contribution in [0.3, 0.4) is 0 Å². The lowest BCUT2D eigenvalue weighted by Crippen LogP contribution is -2.43. The average Bonchev–Trinajstić information content (AvgIpc) is 2.12. The Balaban J connectivity index is 3.90. The molecule has 4 heteroatoms. The zero-order valence-electron chi connectivity index (χ0n) is 8.13. The lowest BCUT2D eigenvalue weighted by Gasteiger charge is -2.25. The summed E-state index contributed by atoms with van der Waals surface area (Å²) in [7, 11) is 1.64. The van der Waals surface area contributed by atoms with Crippen molar-refractivity contribution < 1.29 is 4.79 Å². The second kappa shape index (κ2) is 5.97. The van der Waals surface area contributed by atoms with E-state index in [1.807, 2.05) is 18.7 Å². The van der Waals surface area contributed by atoms with Gasteiger partial charge in [0.25, 0.3) is 0 Å². The minimum absolute atomic E-state index is 0.0390. The highest BCUT2D eigenvalue weighted by atomic mass is 16.1.